The van der Waals surface area contributed by atoms with Gasteiger partial charge in [-0.05, 0) is 38.0 Å². The topological polar surface area (TPSA) is 55.4 Å². The molecule has 5 nitrogen and oxygen atoms in total. The van der Waals surface area contributed by atoms with Crippen molar-refractivity contribution in [2.45, 2.75) is 33.2 Å². The van der Waals surface area contributed by atoms with Crippen molar-refractivity contribution in [2.24, 2.45) is 9.98 Å². The molecule has 0 atom stereocenters. The molecule has 2 aromatic carbocycles. The SMILES string of the molecule is CCc1ccc(C2=NCC(c3ccc4c(c3)nnn4C(C)C)=N2)cc1. The van der Waals surface area contributed by atoms with Crippen molar-refractivity contribution < 1.29 is 0 Å². The van der Waals surface area contributed by atoms with Crippen LogP contribution < -0.4 is 0 Å². The number of benzene rings is 2. The summed E-state index contributed by atoms with van der Waals surface area (Å²) in [4.78, 5) is 9.35. The van der Waals surface area contributed by atoms with E-state index in [2.05, 4.69) is 78.5 Å². The molecule has 0 N–H and O–H groups in total. The Morgan fingerprint density at radius 3 is 2.52 bits per heavy atom. The van der Waals surface area contributed by atoms with Gasteiger partial charge in [0, 0.05) is 17.2 Å². The Morgan fingerprint density at radius 2 is 1.80 bits per heavy atom. The molecular formula is C20H21N5. The molecule has 3 aromatic rings. The second-order valence-electron chi connectivity index (χ2n) is 6.58. The van der Waals surface area contributed by atoms with E-state index in [1.165, 1.54) is 5.56 Å². The smallest absolute Gasteiger partial charge is 0.155 e. The molecule has 0 spiro atoms. The minimum Gasteiger partial charge on any atom is -0.260 e. The monoisotopic (exact) mass is 331 g/mol. The summed E-state index contributed by atoms with van der Waals surface area (Å²) in [7, 11) is 0. The second kappa shape index (κ2) is 6.24. The van der Waals surface area contributed by atoms with Crippen molar-refractivity contribution in [1.29, 1.82) is 0 Å². The molecule has 0 saturated carbocycles. The number of hydrogen-bond donors (Lipinski definition) is 0. The van der Waals surface area contributed by atoms with Crippen molar-refractivity contribution in [1.82, 2.24) is 15.0 Å². The van der Waals surface area contributed by atoms with E-state index < -0.39 is 0 Å². The van der Waals surface area contributed by atoms with E-state index in [0.29, 0.717) is 12.6 Å². The third kappa shape index (κ3) is 2.86. The van der Waals surface area contributed by atoms with E-state index in [0.717, 1.165) is 40.1 Å². The van der Waals surface area contributed by atoms with Gasteiger partial charge in [0.15, 0.2) is 5.84 Å². The Balaban J connectivity index is 1.63. The molecule has 126 valence electrons. The Hall–Kier alpha value is -2.82. The largest absolute Gasteiger partial charge is 0.260 e. The Bertz CT molecular complexity index is 977. The fraction of sp³-hybridized carbons (Fsp3) is 0.300. The van der Waals surface area contributed by atoms with Crippen LogP contribution in [0, 0.1) is 0 Å². The maximum Gasteiger partial charge on any atom is 0.155 e. The van der Waals surface area contributed by atoms with Gasteiger partial charge in [-0.3, -0.25) is 4.99 Å². The van der Waals surface area contributed by atoms with Crippen LogP contribution in [0.15, 0.2) is 52.4 Å². The lowest BCUT2D eigenvalue weighted by atomic mass is 10.1. The lowest BCUT2D eigenvalue weighted by Crippen LogP contribution is -2.04. The van der Waals surface area contributed by atoms with Crippen LogP contribution >= 0.6 is 0 Å². The van der Waals surface area contributed by atoms with E-state index in [1.807, 2.05) is 4.68 Å². The number of hydrogen-bond acceptors (Lipinski definition) is 4. The van der Waals surface area contributed by atoms with E-state index in [1.54, 1.807) is 0 Å². The quantitative estimate of drug-likeness (QED) is 0.729. The first-order chi connectivity index (χ1) is 12.2. The van der Waals surface area contributed by atoms with Gasteiger partial charge < -0.3 is 0 Å². The Morgan fingerprint density at radius 1 is 1.04 bits per heavy atom. The van der Waals surface area contributed by atoms with E-state index in [4.69, 9.17) is 4.99 Å². The van der Waals surface area contributed by atoms with Crippen LogP contribution in [0.25, 0.3) is 11.0 Å². The maximum absolute atomic E-state index is 4.74. The van der Waals surface area contributed by atoms with Crippen LogP contribution in [0.2, 0.25) is 0 Å². The van der Waals surface area contributed by atoms with Crippen molar-refractivity contribution in [3.63, 3.8) is 0 Å². The maximum atomic E-state index is 4.74. The first-order valence-corrected chi connectivity index (χ1v) is 8.72. The van der Waals surface area contributed by atoms with E-state index in [-0.39, 0.29) is 0 Å². The Kier molecular flexibility index (Phi) is 3.92. The summed E-state index contributed by atoms with van der Waals surface area (Å²) < 4.78 is 1.94. The van der Waals surface area contributed by atoms with Gasteiger partial charge in [0.2, 0.25) is 0 Å². The molecule has 4 rings (SSSR count). The van der Waals surface area contributed by atoms with Gasteiger partial charge >= 0.3 is 0 Å². The molecule has 1 aromatic heterocycles. The number of aliphatic imine (C=N–C) groups is 2. The van der Waals surface area contributed by atoms with Crippen LogP contribution in [0.3, 0.4) is 0 Å². The molecule has 0 bridgehead atoms. The van der Waals surface area contributed by atoms with E-state index >= 15 is 0 Å². The molecular weight excluding hydrogens is 310 g/mol. The summed E-state index contributed by atoms with van der Waals surface area (Å²) in [5.41, 5.74) is 6.38. The highest BCUT2D eigenvalue weighted by molar-refractivity contribution is 6.17. The summed E-state index contributed by atoms with van der Waals surface area (Å²) in [5, 5.41) is 8.53. The average molecular weight is 331 g/mol. The van der Waals surface area contributed by atoms with Gasteiger partial charge in [-0.25, -0.2) is 9.67 Å². The lowest BCUT2D eigenvalue weighted by Gasteiger charge is -2.05. The first-order valence-electron chi connectivity index (χ1n) is 8.72. The van der Waals surface area contributed by atoms with Gasteiger partial charge in [0.25, 0.3) is 0 Å². The zero-order valence-corrected chi connectivity index (χ0v) is 14.8. The highest BCUT2D eigenvalue weighted by Crippen LogP contribution is 2.20. The summed E-state index contributed by atoms with van der Waals surface area (Å²) in [6.45, 7) is 6.97. The lowest BCUT2D eigenvalue weighted by molar-refractivity contribution is 0.530. The molecule has 0 aliphatic carbocycles. The van der Waals surface area contributed by atoms with Gasteiger partial charge in [-0.2, -0.15) is 0 Å². The van der Waals surface area contributed by atoms with Crippen LogP contribution in [-0.2, 0) is 6.42 Å². The summed E-state index contributed by atoms with van der Waals surface area (Å²) in [5.74, 6) is 0.809. The third-order valence-electron chi connectivity index (χ3n) is 4.53. The van der Waals surface area contributed by atoms with Gasteiger partial charge in [-0.15, -0.1) is 5.10 Å². The van der Waals surface area contributed by atoms with Crippen LogP contribution in [0.5, 0.6) is 0 Å². The predicted octanol–water partition coefficient (Wildman–Crippen LogP) is 3.82. The number of rotatable bonds is 4. The fourth-order valence-corrected chi connectivity index (χ4v) is 3.05. The first kappa shape index (κ1) is 15.7. The molecule has 0 unspecified atom stereocenters. The number of amidine groups is 1. The zero-order valence-electron chi connectivity index (χ0n) is 14.8. The highest BCUT2D eigenvalue weighted by atomic mass is 15.4. The molecule has 0 fully saturated rings. The predicted molar refractivity (Wildman–Crippen MR) is 102 cm³/mol. The van der Waals surface area contributed by atoms with Crippen molar-refractivity contribution >= 4 is 22.6 Å². The van der Waals surface area contributed by atoms with Crippen LogP contribution in [0.1, 0.15) is 43.5 Å². The van der Waals surface area contributed by atoms with Crippen LogP contribution in [0.4, 0.5) is 0 Å². The third-order valence-corrected chi connectivity index (χ3v) is 4.53. The number of fused-ring (bicyclic) bond motifs is 1. The minimum absolute atomic E-state index is 0.292. The molecule has 0 saturated heterocycles. The standard InChI is InChI=1S/C20H21N5/c1-4-14-5-7-15(8-6-14)20-21-12-18(22-20)16-9-10-19-17(11-16)23-24-25(19)13(2)3/h5-11,13H,4,12H2,1-3H3. The van der Waals surface area contributed by atoms with Crippen LogP contribution in [-0.4, -0.2) is 33.1 Å². The fourth-order valence-electron chi connectivity index (χ4n) is 3.05. The van der Waals surface area contributed by atoms with Gasteiger partial charge in [0.05, 0.1) is 17.8 Å². The molecule has 1 aliphatic heterocycles. The summed E-state index contributed by atoms with van der Waals surface area (Å²) in [6.07, 6.45) is 1.04. The summed E-state index contributed by atoms with van der Waals surface area (Å²) in [6, 6.07) is 15.0. The summed E-state index contributed by atoms with van der Waals surface area (Å²) >= 11 is 0. The molecule has 2 heterocycles. The highest BCUT2D eigenvalue weighted by Gasteiger charge is 2.16. The molecule has 25 heavy (non-hydrogen) atoms. The van der Waals surface area contributed by atoms with E-state index in [9.17, 15) is 0 Å². The normalized spacial score (nSPS) is 14.2. The van der Waals surface area contributed by atoms with Gasteiger partial charge in [0.1, 0.15) is 5.52 Å². The molecule has 5 heteroatoms. The molecule has 0 amide bonds. The van der Waals surface area contributed by atoms with Crippen molar-refractivity contribution in [3.05, 3.63) is 59.2 Å². The number of aryl methyl sites for hydroxylation is 1. The van der Waals surface area contributed by atoms with Crippen molar-refractivity contribution in [2.75, 3.05) is 6.54 Å². The van der Waals surface area contributed by atoms with Gasteiger partial charge in [-0.1, -0.05) is 42.5 Å². The average Bonchev–Trinajstić information content (AvgIpc) is 3.28. The zero-order chi connectivity index (χ0) is 17.4. The molecule has 1 aliphatic rings. The Labute approximate surface area is 147 Å². The van der Waals surface area contributed by atoms with Crippen molar-refractivity contribution in [3.8, 4) is 0 Å². The number of nitrogens with zero attached hydrogens (tertiary/aromatic N) is 5. The second-order valence-corrected chi connectivity index (χ2v) is 6.58. The number of aromatic nitrogens is 3. The molecule has 0 radical (unpaired) electrons. The minimum atomic E-state index is 0.292.